The van der Waals surface area contributed by atoms with Crippen LogP contribution >= 0.6 is 11.6 Å². The number of carbonyl (C=O) groups excluding carboxylic acids is 1. The largest absolute Gasteiger partial charge is 0.487 e. The van der Waals surface area contributed by atoms with E-state index >= 15 is 0 Å². The minimum atomic E-state index is -4.02. The molecule has 2 aliphatic heterocycles. The lowest BCUT2D eigenvalue weighted by Gasteiger charge is -2.43. The average molecular weight is 659 g/mol. The van der Waals surface area contributed by atoms with Gasteiger partial charge in [0.2, 0.25) is 10.0 Å². The van der Waals surface area contributed by atoms with Gasteiger partial charge in [0.25, 0.3) is 5.91 Å². The summed E-state index contributed by atoms with van der Waals surface area (Å²) in [7, 11) is -0.697. The maximum Gasteiger partial charge on any atom is 0.264 e. The first kappa shape index (κ1) is 33.8. The average Bonchev–Trinajstić information content (AvgIpc) is 3.02. The van der Waals surface area contributed by atoms with Gasteiger partial charge in [-0.25, -0.2) is 13.1 Å². The Labute approximate surface area is 273 Å². The number of allylic oxidation sites excluding steroid dienone is 1. The zero-order valence-corrected chi connectivity index (χ0v) is 28.5. The van der Waals surface area contributed by atoms with Gasteiger partial charge in [0.1, 0.15) is 12.4 Å². The van der Waals surface area contributed by atoms with E-state index in [1.54, 1.807) is 32.4 Å². The van der Waals surface area contributed by atoms with Gasteiger partial charge < -0.3 is 19.1 Å². The minimum absolute atomic E-state index is 0.0490. The van der Waals surface area contributed by atoms with Crippen molar-refractivity contribution < 1.29 is 27.4 Å². The molecule has 1 saturated carbocycles. The number of fused-ring (bicyclic) bond motifs is 3. The fourth-order valence-corrected chi connectivity index (χ4v) is 8.60. The van der Waals surface area contributed by atoms with Crippen molar-refractivity contribution in [3.8, 4) is 5.75 Å². The van der Waals surface area contributed by atoms with Gasteiger partial charge in [-0.05, 0) is 119 Å². The van der Waals surface area contributed by atoms with Crippen LogP contribution in [0.1, 0.15) is 80.3 Å². The maximum atomic E-state index is 13.7. The van der Waals surface area contributed by atoms with Crippen molar-refractivity contribution in [1.82, 2.24) is 4.72 Å². The molecule has 45 heavy (non-hydrogen) atoms. The number of aryl methyl sites for hydroxylation is 1. The van der Waals surface area contributed by atoms with Gasteiger partial charge >= 0.3 is 0 Å². The highest BCUT2D eigenvalue weighted by Crippen LogP contribution is 2.41. The molecular formula is C35H47ClN2O6S. The number of ether oxygens (including phenoxy) is 3. The number of anilines is 1. The van der Waals surface area contributed by atoms with Crippen molar-refractivity contribution in [2.75, 3.05) is 32.2 Å². The molecule has 4 atom stereocenters. The molecule has 0 saturated heterocycles. The highest BCUT2D eigenvalue weighted by atomic mass is 35.5. The summed E-state index contributed by atoms with van der Waals surface area (Å²) in [6.07, 6.45) is 10.2. The summed E-state index contributed by atoms with van der Waals surface area (Å²) in [4.78, 5) is 15.9. The molecule has 0 radical (unpaired) electrons. The quantitative estimate of drug-likeness (QED) is 0.366. The Morgan fingerprint density at radius 2 is 1.89 bits per heavy atom. The first-order chi connectivity index (χ1) is 21.5. The summed E-state index contributed by atoms with van der Waals surface area (Å²) >= 11 is 6.34. The molecule has 8 nitrogen and oxygen atoms in total. The van der Waals surface area contributed by atoms with Crippen molar-refractivity contribution in [3.05, 3.63) is 70.3 Å². The van der Waals surface area contributed by atoms with Gasteiger partial charge in [0.15, 0.2) is 0 Å². The summed E-state index contributed by atoms with van der Waals surface area (Å²) in [6.45, 7) is 5.67. The Hall–Kier alpha value is -2.59. The van der Waals surface area contributed by atoms with Crippen LogP contribution in [0.3, 0.4) is 0 Å². The highest BCUT2D eigenvalue weighted by Gasteiger charge is 2.38. The SMILES string of the molecule is CO[C@H]1/C=C/CC[C@H](CC(C)(C)OC)S(=O)(=O)NC(=O)c2ccc3c(c2)N(CCCCc2cc(Cl)ccc2CO3)C[C@@H]2CC[C@H]21. The molecule has 0 unspecified atom stereocenters. The molecule has 1 fully saturated rings. The summed E-state index contributed by atoms with van der Waals surface area (Å²) in [5.41, 5.74) is 2.67. The highest BCUT2D eigenvalue weighted by molar-refractivity contribution is 7.90. The summed E-state index contributed by atoms with van der Waals surface area (Å²) in [5, 5.41) is -0.105. The number of carbonyl (C=O) groups is 1. The molecule has 2 aromatic rings. The van der Waals surface area contributed by atoms with Gasteiger partial charge in [-0.1, -0.05) is 29.8 Å². The van der Waals surface area contributed by atoms with E-state index in [0.717, 1.165) is 56.4 Å². The van der Waals surface area contributed by atoms with Crippen LogP contribution in [0.5, 0.6) is 5.75 Å². The van der Waals surface area contributed by atoms with E-state index in [-0.39, 0.29) is 18.1 Å². The number of halogens is 1. The molecule has 246 valence electrons. The van der Waals surface area contributed by atoms with Crippen molar-refractivity contribution in [2.24, 2.45) is 11.8 Å². The minimum Gasteiger partial charge on any atom is -0.487 e. The Morgan fingerprint density at radius 3 is 2.62 bits per heavy atom. The molecule has 0 aromatic heterocycles. The van der Waals surface area contributed by atoms with E-state index in [4.69, 9.17) is 25.8 Å². The van der Waals surface area contributed by atoms with Gasteiger partial charge in [-0.2, -0.15) is 0 Å². The van der Waals surface area contributed by atoms with E-state index in [1.807, 2.05) is 38.1 Å². The third-order valence-electron chi connectivity index (χ3n) is 9.79. The molecular weight excluding hydrogens is 612 g/mol. The van der Waals surface area contributed by atoms with Crippen molar-refractivity contribution in [1.29, 1.82) is 0 Å². The molecule has 1 aliphatic carbocycles. The predicted octanol–water partition coefficient (Wildman–Crippen LogP) is 6.70. The van der Waals surface area contributed by atoms with E-state index in [1.165, 1.54) is 5.56 Å². The van der Waals surface area contributed by atoms with Crippen molar-refractivity contribution in [2.45, 2.75) is 88.8 Å². The Balaban J connectivity index is 1.54. The molecule has 0 spiro atoms. The lowest BCUT2D eigenvalue weighted by atomic mass is 9.70. The second-order valence-electron chi connectivity index (χ2n) is 13.3. The number of amides is 1. The standard InChI is InChI=1S/C35H47ClN2O6S/c1-35(2,43-4)21-29-10-5-6-11-32(42-3)30-16-13-26(30)22-38-18-8-7-9-24-19-28(36)15-12-27(24)23-44-33-17-14-25(20-31(33)38)34(39)37-45(29,40)41/h6,11-12,14-15,17,19-20,26,29-30,32H,5,7-10,13,16,18,21-23H2,1-4H3,(H,37,39)/b11-6+/t26-,29+,30+,32-/m0/s1. The van der Waals surface area contributed by atoms with E-state index < -0.39 is 26.8 Å². The number of nitrogens with zero attached hydrogens (tertiary/aromatic N) is 1. The predicted molar refractivity (Wildman–Crippen MR) is 179 cm³/mol. The Bertz CT molecular complexity index is 1490. The first-order valence-electron chi connectivity index (χ1n) is 16.1. The topological polar surface area (TPSA) is 94.2 Å². The van der Waals surface area contributed by atoms with Crippen molar-refractivity contribution >= 4 is 33.2 Å². The number of methoxy groups -OCH3 is 2. The summed E-state index contributed by atoms with van der Waals surface area (Å²) in [5.74, 6) is 0.786. The van der Waals surface area contributed by atoms with Gasteiger partial charge in [-0.15, -0.1) is 0 Å². The molecule has 1 N–H and O–H groups in total. The molecule has 10 heteroatoms. The molecule has 5 rings (SSSR count). The Kier molecular flexibility index (Phi) is 10.8. The third-order valence-corrected chi connectivity index (χ3v) is 11.8. The first-order valence-corrected chi connectivity index (χ1v) is 18.0. The zero-order chi connectivity index (χ0) is 32.2. The van der Waals surface area contributed by atoms with Crippen molar-refractivity contribution in [3.63, 3.8) is 0 Å². The maximum absolute atomic E-state index is 13.7. The van der Waals surface area contributed by atoms with Crippen LogP contribution < -0.4 is 14.4 Å². The lowest BCUT2D eigenvalue weighted by Crippen LogP contribution is -2.44. The van der Waals surface area contributed by atoms with Crippen LogP contribution in [0.15, 0.2) is 48.6 Å². The molecule has 1 amide bonds. The second-order valence-corrected chi connectivity index (χ2v) is 15.7. The number of sulfonamides is 1. The number of hydrogen-bond donors (Lipinski definition) is 1. The number of rotatable bonds is 4. The normalized spacial score (nSPS) is 26.6. The fraction of sp³-hybridized carbons (Fsp3) is 0.571. The number of hydrogen-bond acceptors (Lipinski definition) is 7. The van der Waals surface area contributed by atoms with Crippen LogP contribution in [0.4, 0.5) is 5.69 Å². The van der Waals surface area contributed by atoms with Gasteiger partial charge in [0.05, 0.1) is 22.6 Å². The number of benzene rings is 2. The van der Waals surface area contributed by atoms with Crippen LogP contribution in [0.2, 0.25) is 5.02 Å². The van der Waals surface area contributed by atoms with E-state index in [0.29, 0.717) is 42.1 Å². The number of nitrogens with one attached hydrogen (secondary N) is 1. The lowest BCUT2D eigenvalue weighted by molar-refractivity contribution is 0.0129. The van der Waals surface area contributed by atoms with E-state index in [9.17, 15) is 13.2 Å². The van der Waals surface area contributed by atoms with Crippen LogP contribution in [0, 0.1) is 11.8 Å². The molecule has 3 aliphatic rings. The smallest absolute Gasteiger partial charge is 0.264 e. The van der Waals surface area contributed by atoms with Crippen LogP contribution in [-0.2, 0) is 32.5 Å². The zero-order valence-electron chi connectivity index (χ0n) is 26.9. The van der Waals surface area contributed by atoms with Crippen LogP contribution in [0.25, 0.3) is 0 Å². The summed E-state index contributed by atoms with van der Waals surface area (Å²) in [6, 6.07) is 11.2. The second kappa shape index (κ2) is 14.4. The third kappa shape index (κ3) is 8.23. The molecule has 2 heterocycles. The summed E-state index contributed by atoms with van der Waals surface area (Å²) < 4.78 is 47.8. The van der Waals surface area contributed by atoms with E-state index in [2.05, 4.69) is 15.7 Å². The monoisotopic (exact) mass is 658 g/mol. The van der Waals surface area contributed by atoms with Gasteiger partial charge in [0, 0.05) is 37.9 Å². The van der Waals surface area contributed by atoms with Gasteiger partial charge in [-0.3, -0.25) is 4.79 Å². The van der Waals surface area contributed by atoms with Crippen LogP contribution in [-0.4, -0.2) is 58.6 Å². The Morgan fingerprint density at radius 1 is 1.07 bits per heavy atom. The molecule has 2 bridgehead atoms. The fourth-order valence-electron chi connectivity index (χ4n) is 6.80. The molecule has 2 aromatic carbocycles.